The van der Waals surface area contributed by atoms with Gasteiger partial charge in [0.05, 0.1) is 24.8 Å². The third-order valence-corrected chi connectivity index (χ3v) is 4.51. The minimum Gasteiger partial charge on any atom is -0.396 e. The molecule has 0 saturated heterocycles. The number of nitrogens with zero attached hydrogens (tertiary/aromatic N) is 3. The Labute approximate surface area is 147 Å². The first kappa shape index (κ1) is 17.2. The lowest BCUT2D eigenvalue weighted by molar-refractivity contribution is -0.119. The molecule has 5 heteroatoms. The molecule has 1 amide bonds. The number of amides is 1. The number of fused-ring (bicyclic) bond motifs is 1. The van der Waals surface area contributed by atoms with Gasteiger partial charge >= 0.3 is 0 Å². The van der Waals surface area contributed by atoms with Crippen molar-refractivity contribution in [3.05, 3.63) is 65.2 Å². The van der Waals surface area contributed by atoms with Crippen LogP contribution in [-0.4, -0.2) is 42.7 Å². The molecule has 0 aromatic heterocycles. The Bertz CT molecular complexity index is 813. The zero-order valence-corrected chi connectivity index (χ0v) is 14.2. The molecule has 0 aliphatic carbocycles. The second-order valence-electron chi connectivity index (χ2n) is 6.43. The number of nitriles is 1. The van der Waals surface area contributed by atoms with Crippen LogP contribution in [0.3, 0.4) is 0 Å². The molecule has 5 nitrogen and oxygen atoms in total. The lowest BCUT2D eigenvalue weighted by Gasteiger charge is -2.22. The molecule has 0 saturated carbocycles. The van der Waals surface area contributed by atoms with E-state index in [4.69, 9.17) is 5.26 Å². The maximum Gasteiger partial charge on any atom is 0.241 e. The third-order valence-electron chi connectivity index (χ3n) is 4.51. The summed E-state index contributed by atoms with van der Waals surface area (Å²) in [7, 11) is 1.89. The highest BCUT2D eigenvalue weighted by Crippen LogP contribution is 2.35. The zero-order chi connectivity index (χ0) is 17.8. The van der Waals surface area contributed by atoms with Gasteiger partial charge < -0.3 is 10.0 Å². The number of aliphatic hydroxyl groups is 1. The lowest BCUT2D eigenvalue weighted by atomic mass is 10.0. The summed E-state index contributed by atoms with van der Waals surface area (Å²) >= 11 is 0. The fraction of sp³-hybridized carbons (Fsp3) is 0.300. The van der Waals surface area contributed by atoms with Gasteiger partial charge in [-0.1, -0.05) is 30.3 Å². The molecule has 1 atom stereocenters. The first-order chi connectivity index (χ1) is 12.1. The fourth-order valence-corrected chi connectivity index (χ4v) is 3.31. The highest BCUT2D eigenvalue weighted by atomic mass is 16.3. The minimum atomic E-state index is -0.0160. The lowest BCUT2D eigenvalue weighted by Crippen LogP contribution is -2.38. The average Bonchev–Trinajstić information content (AvgIpc) is 3.00. The highest BCUT2D eigenvalue weighted by Gasteiger charge is 2.31. The summed E-state index contributed by atoms with van der Waals surface area (Å²) < 4.78 is 0. The Morgan fingerprint density at radius 1 is 1.32 bits per heavy atom. The van der Waals surface area contributed by atoms with E-state index in [1.807, 2.05) is 54.4 Å². The summed E-state index contributed by atoms with van der Waals surface area (Å²) in [6, 6.07) is 17.3. The van der Waals surface area contributed by atoms with Crippen molar-refractivity contribution in [2.24, 2.45) is 0 Å². The Balaban J connectivity index is 1.67. The smallest absolute Gasteiger partial charge is 0.241 e. The van der Waals surface area contributed by atoms with Gasteiger partial charge in [-0.3, -0.25) is 9.69 Å². The number of hydrogen-bond acceptors (Lipinski definition) is 4. The minimum absolute atomic E-state index is 0.0160. The number of anilines is 1. The number of carbonyl (C=O) groups is 1. The van der Waals surface area contributed by atoms with E-state index in [-0.39, 0.29) is 25.0 Å². The molecule has 25 heavy (non-hydrogen) atoms. The van der Waals surface area contributed by atoms with Crippen LogP contribution in [0.4, 0.5) is 5.69 Å². The van der Waals surface area contributed by atoms with Gasteiger partial charge in [0.15, 0.2) is 0 Å². The molecule has 2 aromatic rings. The molecule has 1 aliphatic heterocycles. The van der Waals surface area contributed by atoms with Crippen LogP contribution in [0.15, 0.2) is 48.5 Å². The standard InChI is InChI=1S/C20H21N3O2/c1-22(11-16-6-4-5-15(9-16)10-21)13-20(25)23-12-17(14-24)18-7-2-3-8-19(18)23/h2-9,17,24H,11-14H2,1H3. The van der Waals surface area contributed by atoms with E-state index in [2.05, 4.69) is 6.07 Å². The van der Waals surface area contributed by atoms with Crippen LogP contribution in [0.2, 0.25) is 0 Å². The Morgan fingerprint density at radius 3 is 2.88 bits per heavy atom. The molecule has 0 radical (unpaired) electrons. The molecule has 0 spiro atoms. The maximum atomic E-state index is 12.7. The van der Waals surface area contributed by atoms with E-state index < -0.39 is 0 Å². The van der Waals surface area contributed by atoms with Crippen molar-refractivity contribution < 1.29 is 9.90 Å². The first-order valence-corrected chi connectivity index (χ1v) is 8.30. The van der Waals surface area contributed by atoms with Crippen LogP contribution in [0.5, 0.6) is 0 Å². The van der Waals surface area contributed by atoms with Gasteiger partial charge in [0.2, 0.25) is 5.91 Å². The quantitative estimate of drug-likeness (QED) is 0.909. The Hall–Kier alpha value is -2.68. The van der Waals surface area contributed by atoms with Crippen LogP contribution < -0.4 is 4.90 Å². The van der Waals surface area contributed by atoms with Gasteiger partial charge in [0.1, 0.15) is 0 Å². The summed E-state index contributed by atoms with van der Waals surface area (Å²) in [5.74, 6) is 0.0000963. The zero-order valence-electron chi connectivity index (χ0n) is 14.2. The second kappa shape index (κ2) is 7.47. The van der Waals surface area contributed by atoms with E-state index in [1.54, 1.807) is 11.0 Å². The number of aliphatic hydroxyl groups excluding tert-OH is 1. The van der Waals surface area contributed by atoms with Gasteiger partial charge in [0, 0.05) is 24.7 Å². The molecule has 1 aliphatic rings. The van der Waals surface area contributed by atoms with Crippen molar-refractivity contribution in [1.29, 1.82) is 5.26 Å². The van der Waals surface area contributed by atoms with Crippen LogP contribution >= 0.6 is 0 Å². The van der Waals surface area contributed by atoms with Crippen molar-refractivity contribution >= 4 is 11.6 Å². The molecule has 0 bridgehead atoms. The first-order valence-electron chi connectivity index (χ1n) is 8.30. The van der Waals surface area contributed by atoms with Crippen LogP contribution in [0.1, 0.15) is 22.6 Å². The van der Waals surface area contributed by atoms with Gasteiger partial charge in [-0.25, -0.2) is 0 Å². The largest absolute Gasteiger partial charge is 0.396 e. The van der Waals surface area contributed by atoms with Gasteiger partial charge in [0.25, 0.3) is 0 Å². The molecule has 1 unspecified atom stereocenters. The van der Waals surface area contributed by atoms with E-state index in [0.29, 0.717) is 18.7 Å². The van der Waals surface area contributed by atoms with Gasteiger partial charge in [-0.15, -0.1) is 0 Å². The molecule has 0 fully saturated rings. The second-order valence-corrected chi connectivity index (χ2v) is 6.43. The van der Waals surface area contributed by atoms with Crippen molar-refractivity contribution in [3.8, 4) is 6.07 Å². The van der Waals surface area contributed by atoms with E-state index in [0.717, 1.165) is 16.8 Å². The molecular formula is C20H21N3O2. The molecular weight excluding hydrogens is 314 g/mol. The maximum absolute atomic E-state index is 12.7. The third kappa shape index (κ3) is 3.71. The number of likely N-dealkylation sites (N-methyl/N-ethyl adjacent to an activating group) is 1. The Kier molecular flexibility index (Phi) is 5.13. The van der Waals surface area contributed by atoms with Crippen LogP contribution in [-0.2, 0) is 11.3 Å². The summed E-state index contributed by atoms with van der Waals surface area (Å²) in [6.45, 7) is 1.44. The van der Waals surface area contributed by atoms with Crippen molar-refractivity contribution in [2.45, 2.75) is 12.5 Å². The van der Waals surface area contributed by atoms with Crippen molar-refractivity contribution in [2.75, 3.05) is 31.6 Å². The highest BCUT2D eigenvalue weighted by molar-refractivity contribution is 5.97. The normalized spacial score (nSPS) is 15.9. The molecule has 1 N–H and O–H groups in total. The summed E-state index contributed by atoms with van der Waals surface area (Å²) in [5.41, 5.74) is 3.55. The van der Waals surface area contributed by atoms with Crippen LogP contribution in [0, 0.1) is 11.3 Å². The van der Waals surface area contributed by atoms with E-state index >= 15 is 0 Å². The van der Waals surface area contributed by atoms with E-state index in [1.165, 1.54) is 0 Å². The number of para-hydroxylation sites is 1. The average molecular weight is 335 g/mol. The number of carbonyl (C=O) groups excluding carboxylic acids is 1. The predicted molar refractivity (Wildman–Crippen MR) is 96.1 cm³/mol. The summed E-state index contributed by atoms with van der Waals surface area (Å²) in [5, 5.41) is 18.5. The molecule has 128 valence electrons. The molecule has 2 aromatic carbocycles. The van der Waals surface area contributed by atoms with E-state index in [9.17, 15) is 9.90 Å². The Morgan fingerprint density at radius 2 is 2.12 bits per heavy atom. The topological polar surface area (TPSA) is 67.6 Å². The summed E-state index contributed by atoms with van der Waals surface area (Å²) in [4.78, 5) is 16.4. The summed E-state index contributed by atoms with van der Waals surface area (Å²) in [6.07, 6.45) is 0. The van der Waals surface area contributed by atoms with Crippen molar-refractivity contribution in [3.63, 3.8) is 0 Å². The number of hydrogen-bond donors (Lipinski definition) is 1. The number of rotatable bonds is 5. The molecule has 1 heterocycles. The van der Waals surface area contributed by atoms with Gasteiger partial charge in [-0.2, -0.15) is 5.26 Å². The van der Waals surface area contributed by atoms with Crippen LogP contribution in [0.25, 0.3) is 0 Å². The van der Waals surface area contributed by atoms with Crippen molar-refractivity contribution in [1.82, 2.24) is 4.90 Å². The fourth-order valence-electron chi connectivity index (χ4n) is 3.31. The number of benzene rings is 2. The predicted octanol–water partition coefficient (Wildman–Crippen LogP) is 2.11. The molecule has 3 rings (SSSR count). The van der Waals surface area contributed by atoms with Gasteiger partial charge in [-0.05, 0) is 36.4 Å². The monoisotopic (exact) mass is 335 g/mol. The SMILES string of the molecule is CN(CC(=O)N1CC(CO)c2ccccc21)Cc1cccc(C#N)c1.